The normalized spacial score (nSPS) is 19.1. The maximum absolute atomic E-state index is 4.15. The Kier molecular flexibility index (Phi) is 6.69. The van der Waals surface area contributed by atoms with Crippen molar-refractivity contribution in [2.24, 2.45) is 0 Å². The van der Waals surface area contributed by atoms with Crippen molar-refractivity contribution in [2.75, 3.05) is 13.1 Å². The summed E-state index contributed by atoms with van der Waals surface area (Å²) in [6.45, 7) is 6.13. The minimum absolute atomic E-state index is 0.240. The van der Waals surface area contributed by atoms with Crippen molar-refractivity contribution in [3.8, 4) is 0 Å². The van der Waals surface area contributed by atoms with E-state index in [2.05, 4.69) is 92.4 Å². The second kappa shape index (κ2) is 9.80. The van der Waals surface area contributed by atoms with E-state index in [0.717, 1.165) is 32.6 Å². The van der Waals surface area contributed by atoms with Crippen LogP contribution in [0.15, 0.2) is 73.3 Å². The molecule has 0 amide bonds. The van der Waals surface area contributed by atoms with Crippen LogP contribution < -0.4 is 16.4 Å². The third-order valence-electron chi connectivity index (χ3n) is 5.61. The van der Waals surface area contributed by atoms with E-state index in [1.54, 1.807) is 0 Å². The number of aryl methyl sites for hydroxylation is 2. The van der Waals surface area contributed by atoms with Gasteiger partial charge in [0, 0.05) is 38.6 Å². The van der Waals surface area contributed by atoms with Crippen LogP contribution in [0.25, 0.3) is 0 Å². The fourth-order valence-corrected chi connectivity index (χ4v) is 3.96. The molecule has 1 aliphatic heterocycles. The molecule has 29 heavy (non-hydrogen) atoms. The number of aromatic nitrogens is 2. The summed E-state index contributed by atoms with van der Waals surface area (Å²) in [6.07, 6.45) is 6.86. The average molecular weight is 391 g/mol. The molecular formula is C23H30N6. The van der Waals surface area contributed by atoms with E-state index in [1.165, 1.54) is 16.7 Å². The van der Waals surface area contributed by atoms with Gasteiger partial charge >= 0.3 is 0 Å². The minimum atomic E-state index is 0.240. The standard InChI is InChI=1S/C23H30N6/c1-19-8-5-6-11-21(19)16-29(14-7-13-28-15-12-24-18-28)17-22-23(26-27-25-22)20-9-3-2-4-10-20/h2-6,8-12,15,18,22-23,25-27H,7,13-14,16-17H2,1H3. The highest BCUT2D eigenvalue weighted by Crippen LogP contribution is 2.21. The molecule has 2 heterocycles. The number of benzene rings is 2. The van der Waals surface area contributed by atoms with E-state index in [9.17, 15) is 0 Å². The molecule has 0 radical (unpaired) electrons. The molecule has 2 unspecified atom stereocenters. The molecule has 1 fully saturated rings. The number of hydrogen-bond acceptors (Lipinski definition) is 5. The van der Waals surface area contributed by atoms with Crippen LogP contribution in [-0.2, 0) is 13.1 Å². The van der Waals surface area contributed by atoms with Gasteiger partial charge in [0.25, 0.3) is 0 Å². The lowest BCUT2D eigenvalue weighted by molar-refractivity contribution is 0.225. The highest BCUT2D eigenvalue weighted by molar-refractivity contribution is 5.25. The molecule has 1 saturated heterocycles. The number of hydrazine groups is 2. The van der Waals surface area contributed by atoms with Crippen LogP contribution in [0.1, 0.15) is 29.2 Å². The molecule has 0 spiro atoms. The van der Waals surface area contributed by atoms with E-state index < -0.39 is 0 Å². The summed E-state index contributed by atoms with van der Waals surface area (Å²) >= 11 is 0. The van der Waals surface area contributed by atoms with Gasteiger partial charge < -0.3 is 4.57 Å². The Morgan fingerprint density at radius 2 is 1.86 bits per heavy atom. The van der Waals surface area contributed by atoms with Crippen molar-refractivity contribution < 1.29 is 0 Å². The van der Waals surface area contributed by atoms with Gasteiger partial charge in [-0.05, 0) is 30.0 Å². The molecule has 6 nitrogen and oxygen atoms in total. The smallest absolute Gasteiger partial charge is 0.0945 e. The molecule has 1 aliphatic rings. The van der Waals surface area contributed by atoms with Gasteiger partial charge in [-0.1, -0.05) is 54.6 Å². The highest BCUT2D eigenvalue weighted by Gasteiger charge is 2.29. The van der Waals surface area contributed by atoms with Gasteiger partial charge in [-0.2, -0.15) is 5.53 Å². The zero-order valence-corrected chi connectivity index (χ0v) is 17.0. The van der Waals surface area contributed by atoms with Crippen LogP contribution in [-0.4, -0.2) is 33.6 Å². The lowest BCUT2D eigenvalue weighted by atomic mass is 10.00. The molecule has 0 bridgehead atoms. The van der Waals surface area contributed by atoms with Gasteiger partial charge in [0.05, 0.1) is 18.4 Å². The van der Waals surface area contributed by atoms with Gasteiger partial charge in [-0.25, -0.2) is 15.8 Å². The van der Waals surface area contributed by atoms with Crippen molar-refractivity contribution >= 4 is 0 Å². The molecule has 1 aromatic heterocycles. The van der Waals surface area contributed by atoms with Crippen LogP contribution in [0.4, 0.5) is 0 Å². The fourth-order valence-electron chi connectivity index (χ4n) is 3.96. The number of nitrogens with one attached hydrogen (secondary N) is 3. The monoisotopic (exact) mass is 390 g/mol. The average Bonchev–Trinajstić information content (AvgIpc) is 3.42. The van der Waals surface area contributed by atoms with Crippen LogP contribution in [0.5, 0.6) is 0 Å². The third kappa shape index (κ3) is 5.31. The largest absolute Gasteiger partial charge is 0.337 e. The van der Waals surface area contributed by atoms with Gasteiger partial charge in [0.15, 0.2) is 0 Å². The number of imidazole rings is 1. The second-order valence-corrected chi connectivity index (χ2v) is 7.72. The number of nitrogens with zero attached hydrogens (tertiary/aromatic N) is 3. The quantitative estimate of drug-likeness (QED) is 0.525. The van der Waals surface area contributed by atoms with E-state index in [0.29, 0.717) is 0 Å². The highest BCUT2D eigenvalue weighted by atomic mass is 15.7. The summed E-state index contributed by atoms with van der Waals surface area (Å²) < 4.78 is 2.15. The Morgan fingerprint density at radius 1 is 1.03 bits per heavy atom. The van der Waals surface area contributed by atoms with Crippen molar-refractivity contribution in [2.45, 2.75) is 38.5 Å². The molecule has 2 aromatic carbocycles. The maximum Gasteiger partial charge on any atom is 0.0945 e. The predicted molar refractivity (Wildman–Crippen MR) is 116 cm³/mol. The Morgan fingerprint density at radius 3 is 2.66 bits per heavy atom. The second-order valence-electron chi connectivity index (χ2n) is 7.72. The van der Waals surface area contributed by atoms with Crippen LogP contribution >= 0.6 is 0 Å². The van der Waals surface area contributed by atoms with Crippen molar-refractivity contribution in [1.29, 1.82) is 0 Å². The van der Waals surface area contributed by atoms with Crippen molar-refractivity contribution in [3.05, 3.63) is 90.0 Å². The first-order chi connectivity index (χ1) is 14.3. The first-order valence-corrected chi connectivity index (χ1v) is 10.3. The van der Waals surface area contributed by atoms with E-state index in [-0.39, 0.29) is 12.1 Å². The molecule has 3 N–H and O–H groups in total. The first kappa shape index (κ1) is 19.8. The Hall–Kier alpha value is -2.51. The van der Waals surface area contributed by atoms with Crippen molar-refractivity contribution in [1.82, 2.24) is 30.8 Å². The maximum atomic E-state index is 4.15. The van der Waals surface area contributed by atoms with Crippen LogP contribution in [0.3, 0.4) is 0 Å². The summed E-state index contributed by atoms with van der Waals surface area (Å²) in [7, 11) is 0. The topological polar surface area (TPSA) is 57.2 Å². The lowest BCUT2D eigenvalue weighted by Gasteiger charge is -2.28. The summed E-state index contributed by atoms with van der Waals surface area (Å²) in [5.41, 5.74) is 14.0. The Balaban J connectivity index is 1.44. The fraction of sp³-hybridized carbons (Fsp3) is 0.348. The predicted octanol–water partition coefficient (Wildman–Crippen LogP) is 2.81. The van der Waals surface area contributed by atoms with Crippen LogP contribution in [0.2, 0.25) is 0 Å². The van der Waals surface area contributed by atoms with Gasteiger partial charge in [-0.15, -0.1) is 0 Å². The molecule has 2 atom stereocenters. The summed E-state index contributed by atoms with van der Waals surface area (Å²) in [6, 6.07) is 19.8. The van der Waals surface area contributed by atoms with Gasteiger partial charge in [0.1, 0.15) is 0 Å². The third-order valence-corrected chi connectivity index (χ3v) is 5.61. The van der Waals surface area contributed by atoms with E-state index >= 15 is 0 Å². The van der Waals surface area contributed by atoms with Gasteiger partial charge in [-0.3, -0.25) is 4.90 Å². The molecule has 3 aromatic rings. The molecule has 152 valence electrons. The van der Waals surface area contributed by atoms with Crippen LogP contribution in [0, 0.1) is 6.92 Å². The summed E-state index contributed by atoms with van der Waals surface area (Å²) in [4.78, 5) is 6.71. The van der Waals surface area contributed by atoms with Crippen molar-refractivity contribution in [3.63, 3.8) is 0 Å². The molecule has 0 aliphatic carbocycles. The number of hydrogen-bond donors (Lipinski definition) is 3. The Bertz CT molecular complexity index is 864. The summed E-state index contributed by atoms with van der Waals surface area (Å²) in [5, 5.41) is 0. The van der Waals surface area contributed by atoms with E-state index in [4.69, 9.17) is 0 Å². The molecule has 0 saturated carbocycles. The zero-order valence-electron chi connectivity index (χ0n) is 17.0. The molecule has 6 heteroatoms. The first-order valence-electron chi connectivity index (χ1n) is 10.3. The van der Waals surface area contributed by atoms with Gasteiger partial charge in [0.2, 0.25) is 0 Å². The molecule has 4 rings (SSSR count). The van der Waals surface area contributed by atoms with E-state index in [1.807, 2.05) is 18.7 Å². The minimum Gasteiger partial charge on any atom is -0.337 e. The summed E-state index contributed by atoms with van der Waals surface area (Å²) in [5.74, 6) is 0. The lowest BCUT2D eigenvalue weighted by Crippen LogP contribution is -2.42. The SMILES string of the molecule is Cc1ccccc1CN(CCCn1ccnc1)CC1NNNC1c1ccccc1. The molecular weight excluding hydrogens is 360 g/mol. The zero-order chi connectivity index (χ0) is 19.9. The Labute approximate surface area is 172 Å². The number of rotatable bonds is 9.